The van der Waals surface area contributed by atoms with Gasteiger partial charge < -0.3 is 9.47 Å². The van der Waals surface area contributed by atoms with Crippen LogP contribution in [0.15, 0.2) is 48.5 Å². The Labute approximate surface area is 165 Å². The molecular weight excluding hydrogens is 356 g/mol. The minimum absolute atomic E-state index is 0.0159. The number of benzene rings is 2. The molecule has 0 aliphatic carbocycles. The van der Waals surface area contributed by atoms with Gasteiger partial charge in [-0.1, -0.05) is 31.2 Å². The summed E-state index contributed by atoms with van der Waals surface area (Å²) in [6.07, 6.45) is 3.99. The molecule has 0 bridgehead atoms. The van der Waals surface area contributed by atoms with Crippen molar-refractivity contribution in [3.8, 4) is 11.5 Å². The first kappa shape index (κ1) is 21.0. The number of nitrogens with one attached hydrogen (secondary N) is 2. The summed E-state index contributed by atoms with van der Waals surface area (Å²) in [6, 6.07) is 12.7. The van der Waals surface area contributed by atoms with E-state index in [4.69, 9.17) is 9.47 Å². The van der Waals surface area contributed by atoms with Gasteiger partial charge in [-0.2, -0.15) is 0 Å². The third-order valence-electron chi connectivity index (χ3n) is 3.90. The van der Waals surface area contributed by atoms with Crippen LogP contribution in [0, 0.1) is 0 Å². The molecule has 2 aromatic rings. The van der Waals surface area contributed by atoms with Gasteiger partial charge in [-0.3, -0.25) is 20.4 Å². The van der Waals surface area contributed by atoms with Crippen molar-refractivity contribution in [1.82, 2.24) is 10.9 Å². The molecule has 2 aromatic carbocycles. The van der Waals surface area contributed by atoms with Crippen molar-refractivity contribution in [3.63, 3.8) is 0 Å². The highest BCUT2D eigenvalue weighted by molar-refractivity contribution is 5.98. The van der Waals surface area contributed by atoms with Crippen molar-refractivity contribution in [1.29, 1.82) is 0 Å². The molecule has 6 nitrogen and oxygen atoms in total. The van der Waals surface area contributed by atoms with E-state index in [1.165, 1.54) is 18.7 Å². The lowest BCUT2D eigenvalue weighted by Crippen LogP contribution is -2.40. The van der Waals surface area contributed by atoms with Crippen LogP contribution in [0.5, 0.6) is 11.5 Å². The number of aryl methyl sites for hydroxylation is 1. The molecule has 2 N–H and O–H groups in total. The lowest BCUT2D eigenvalue weighted by atomic mass is 10.1. The van der Waals surface area contributed by atoms with Crippen LogP contribution in [-0.4, -0.2) is 25.0 Å². The molecule has 0 aliphatic rings. The van der Waals surface area contributed by atoms with Gasteiger partial charge >= 0.3 is 0 Å². The lowest BCUT2D eigenvalue weighted by Gasteiger charge is -2.14. The number of amides is 2. The number of rotatable bonds is 7. The Bertz CT molecular complexity index is 842. The Hall–Kier alpha value is -3.28. The number of hydrazine groups is 1. The van der Waals surface area contributed by atoms with Crippen molar-refractivity contribution < 1.29 is 19.1 Å². The van der Waals surface area contributed by atoms with Crippen LogP contribution in [-0.2, 0) is 11.2 Å². The van der Waals surface area contributed by atoms with Crippen molar-refractivity contribution in [3.05, 3.63) is 65.2 Å². The average Bonchev–Trinajstić information content (AvgIpc) is 2.70. The number of carbonyl (C=O) groups excluding carboxylic acids is 2. The molecule has 0 unspecified atom stereocenters. The van der Waals surface area contributed by atoms with E-state index in [0.29, 0.717) is 17.1 Å². The maximum Gasteiger partial charge on any atom is 0.269 e. The minimum atomic E-state index is -0.455. The number of hydrogen-bond donors (Lipinski definition) is 2. The van der Waals surface area contributed by atoms with E-state index in [-0.39, 0.29) is 6.10 Å². The summed E-state index contributed by atoms with van der Waals surface area (Å²) in [5, 5.41) is 0. The van der Waals surface area contributed by atoms with Gasteiger partial charge in [0.1, 0.15) is 0 Å². The fourth-order valence-electron chi connectivity index (χ4n) is 2.43. The smallest absolute Gasteiger partial charge is 0.269 e. The topological polar surface area (TPSA) is 76.7 Å². The van der Waals surface area contributed by atoms with Gasteiger partial charge in [-0.05, 0) is 55.7 Å². The second-order valence-electron chi connectivity index (χ2n) is 6.40. The summed E-state index contributed by atoms with van der Waals surface area (Å²) in [7, 11) is 1.50. The summed E-state index contributed by atoms with van der Waals surface area (Å²) in [4.78, 5) is 24.2. The van der Waals surface area contributed by atoms with Gasteiger partial charge in [0.2, 0.25) is 0 Å². The fourth-order valence-corrected chi connectivity index (χ4v) is 2.43. The summed E-state index contributed by atoms with van der Waals surface area (Å²) in [5.74, 6) is 0.112. The minimum Gasteiger partial charge on any atom is -0.493 e. The molecule has 0 spiro atoms. The molecule has 0 heterocycles. The molecule has 28 heavy (non-hydrogen) atoms. The van der Waals surface area contributed by atoms with Crippen LogP contribution in [0.25, 0.3) is 6.08 Å². The lowest BCUT2D eigenvalue weighted by molar-refractivity contribution is -0.117. The van der Waals surface area contributed by atoms with Crippen LogP contribution >= 0.6 is 0 Å². The normalized spacial score (nSPS) is 10.8. The third-order valence-corrected chi connectivity index (χ3v) is 3.90. The zero-order valence-electron chi connectivity index (χ0n) is 16.6. The number of ether oxygens (including phenoxy) is 2. The van der Waals surface area contributed by atoms with E-state index < -0.39 is 11.8 Å². The first-order chi connectivity index (χ1) is 13.4. The number of hydrogen-bond acceptors (Lipinski definition) is 4. The Balaban J connectivity index is 1.93. The molecule has 0 fully saturated rings. The molecule has 0 aliphatic heterocycles. The first-order valence-corrected chi connectivity index (χ1v) is 9.15. The highest BCUT2D eigenvalue weighted by atomic mass is 16.5. The van der Waals surface area contributed by atoms with Gasteiger partial charge in [-0.15, -0.1) is 0 Å². The highest BCUT2D eigenvalue weighted by Crippen LogP contribution is 2.28. The van der Waals surface area contributed by atoms with Crippen molar-refractivity contribution in [2.24, 2.45) is 0 Å². The maximum absolute atomic E-state index is 12.2. The van der Waals surface area contributed by atoms with E-state index in [1.807, 2.05) is 38.1 Å². The van der Waals surface area contributed by atoms with Crippen LogP contribution in [0.1, 0.15) is 42.3 Å². The second-order valence-corrected chi connectivity index (χ2v) is 6.40. The molecule has 2 rings (SSSR count). The Morgan fingerprint density at radius 2 is 1.75 bits per heavy atom. The maximum atomic E-state index is 12.2. The van der Waals surface area contributed by atoms with Crippen molar-refractivity contribution in [2.75, 3.05) is 7.11 Å². The van der Waals surface area contributed by atoms with Crippen LogP contribution in [0.3, 0.4) is 0 Å². The van der Waals surface area contributed by atoms with Crippen LogP contribution < -0.4 is 20.3 Å². The molecule has 6 heteroatoms. The highest BCUT2D eigenvalue weighted by Gasteiger charge is 2.12. The number of carbonyl (C=O) groups is 2. The van der Waals surface area contributed by atoms with E-state index in [1.54, 1.807) is 24.3 Å². The second kappa shape index (κ2) is 10.2. The molecule has 148 valence electrons. The van der Waals surface area contributed by atoms with E-state index >= 15 is 0 Å². The molecule has 0 saturated carbocycles. The first-order valence-electron chi connectivity index (χ1n) is 9.15. The summed E-state index contributed by atoms with van der Waals surface area (Å²) < 4.78 is 10.9. The Kier molecular flexibility index (Phi) is 7.63. The van der Waals surface area contributed by atoms with E-state index in [2.05, 4.69) is 17.8 Å². The fraction of sp³-hybridized carbons (Fsp3) is 0.273. The molecule has 2 amide bonds. The Morgan fingerprint density at radius 1 is 1.04 bits per heavy atom. The summed E-state index contributed by atoms with van der Waals surface area (Å²) in [5.41, 5.74) is 7.22. The number of methoxy groups -OCH3 is 1. The molecule has 0 radical (unpaired) electrons. The van der Waals surface area contributed by atoms with Gasteiger partial charge in [0.25, 0.3) is 11.8 Å². The van der Waals surface area contributed by atoms with Gasteiger partial charge in [0.15, 0.2) is 11.5 Å². The molecular formula is C22H26N2O4. The predicted octanol–water partition coefficient (Wildman–Crippen LogP) is 3.52. The average molecular weight is 382 g/mol. The van der Waals surface area contributed by atoms with Crippen LogP contribution in [0.4, 0.5) is 0 Å². The molecule has 0 atom stereocenters. The van der Waals surface area contributed by atoms with Gasteiger partial charge in [0.05, 0.1) is 13.2 Å². The van der Waals surface area contributed by atoms with E-state index in [9.17, 15) is 9.59 Å². The van der Waals surface area contributed by atoms with Gasteiger partial charge in [-0.25, -0.2) is 0 Å². The Morgan fingerprint density at radius 3 is 2.36 bits per heavy atom. The van der Waals surface area contributed by atoms with E-state index in [0.717, 1.165) is 12.0 Å². The van der Waals surface area contributed by atoms with Crippen LogP contribution in [0.2, 0.25) is 0 Å². The van der Waals surface area contributed by atoms with Gasteiger partial charge in [0, 0.05) is 11.6 Å². The molecule has 0 saturated heterocycles. The standard InChI is InChI=1S/C22H26N2O4/c1-5-16-6-8-17(9-7-16)10-13-21(25)23-24-22(26)18-11-12-19(28-15(2)3)20(14-18)27-4/h6-15H,5H2,1-4H3,(H,23,25)(H,24,26)/b13-10+. The predicted molar refractivity (Wildman–Crippen MR) is 109 cm³/mol. The largest absolute Gasteiger partial charge is 0.493 e. The zero-order valence-corrected chi connectivity index (χ0v) is 16.6. The van der Waals surface area contributed by atoms with Crippen molar-refractivity contribution in [2.45, 2.75) is 33.3 Å². The monoisotopic (exact) mass is 382 g/mol. The summed E-state index contributed by atoms with van der Waals surface area (Å²) >= 11 is 0. The SMILES string of the molecule is CCc1ccc(/C=C/C(=O)NNC(=O)c2ccc(OC(C)C)c(OC)c2)cc1. The summed E-state index contributed by atoms with van der Waals surface area (Å²) in [6.45, 7) is 5.89. The third kappa shape index (κ3) is 6.16. The zero-order chi connectivity index (χ0) is 20.5. The molecule has 0 aromatic heterocycles. The quantitative estimate of drug-likeness (QED) is 0.567. The van der Waals surface area contributed by atoms with Crippen molar-refractivity contribution >= 4 is 17.9 Å².